The molecular formula is C12H14F3NOS. The van der Waals surface area contributed by atoms with Gasteiger partial charge in [0.05, 0.1) is 10.8 Å². The van der Waals surface area contributed by atoms with Crippen molar-refractivity contribution < 1.29 is 18.0 Å². The SMILES string of the molecule is CC(C)C(S)C(=O)Nc1cccc(C(F)(F)F)c1. The fraction of sp³-hybridized carbons (Fsp3) is 0.417. The van der Waals surface area contributed by atoms with Crippen LogP contribution in [0.3, 0.4) is 0 Å². The standard InChI is InChI=1S/C12H14F3NOS/c1-7(2)10(18)11(17)16-9-5-3-4-8(6-9)12(13,14)15/h3-7,10,18H,1-2H3,(H,16,17). The predicted molar refractivity (Wildman–Crippen MR) is 67.7 cm³/mol. The molecule has 0 aliphatic heterocycles. The van der Waals surface area contributed by atoms with E-state index >= 15 is 0 Å². The molecule has 1 unspecified atom stereocenters. The van der Waals surface area contributed by atoms with E-state index in [1.54, 1.807) is 0 Å². The largest absolute Gasteiger partial charge is 0.416 e. The van der Waals surface area contributed by atoms with E-state index in [9.17, 15) is 18.0 Å². The van der Waals surface area contributed by atoms with E-state index < -0.39 is 22.9 Å². The summed E-state index contributed by atoms with van der Waals surface area (Å²) in [6.45, 7) is 3.62. The molecule has 0 heterocycles. The van der Waals surface area contributed by atoms with Gasteiger partial charge in [0.1, 0.15) is 0 Å². The summed E-state index contributed by atoms with van der Waals surface area (Å²) >= 11 is 4.10. The van der Waals surface area contributed by atoms with Crippen LogP contribution >= 0.6 is 12.6 Å². The van der Waals surface area contributed by atoms with E-state index in [2.05, 4.69) is 17.9 Å². The summed E-state index contributed by atoms with van der Waals surface area (Å²) in [7, 11) is 0. The highest BCUT2D eigenvalue weighted by atomic mass is 32.1. The van der Waals surface area contributed by atoms with Gasteiger partial charge in [-0.1, -0.05) is 19.9 Å². The Hall–Kier alpha value is -1.17. The van der Waals surface area contributed by atoms with Crippen LogP contribution in [0.1, 0.15) is 19.4 Å². The normalized spacial score (nSPS) is 13.5. The van der Waals surface area contributed by atoms with Crippen molar-refractivity contribution in [2.75, 3.05) is 5.32 Å². The van der Waals surface area contributed by atoms with Gasteiger partial charge in [-0.15, -0.1) is 0 Å². The molecule has 1 rings (SSSR count). The molecule has 18 heavy (non-hydrogen) atoms. The average Bonchev–Trinajstić information content (AvgIpc) is 2.27. The minimum atomic E-state index is -4.42. The number of carbonyl (C=O) groups is 1. The third kappa shape index (κ3) is 3.94. The second kappa shape index (κ2) is 5.65. The van der Waals surface area contributed by atoms with Gasteiger partial charge in [-0.2, -0.15) is 25.8 Å². The van der Waals surface area contributed by atoms with E-state index in [0.29, 0.717) is 0 Å². The third-order valence-corrected chi connectivity index (χ3v) is 3.19. The first kappa shape index (κ1) is 14.9. The molecule has 100 valence electrons. The lowest BCUT2D eigenvalue weighted by Crippen LogP contribution is -2.27. The van der Waals surface area contributed by atoms with Crippen LogP contribution in [-0.2, 0) is 11.0 Å². The molecule has 0 saturated heterocycles. The Morgan fingerprint density at radius 2 is 1.94 bits per heavy atom. The number of hydrogen-bond donors (Lipinski definition) is 2. The molecule has 2 nitrogen and oxygen atoms in total. The van der Waals surface area contributed by atoms with Crippen molar-refractivity contribution in [3.05, 3.63) is 29.8 Å². The molecule has 1 aromatic rings. The second-order valence-electron chi connectivity index (χ2n) is 4.26. The third-order valence-electron chi connectivity index (χ3n) is 2.36. The number of benzene rings is 1. The molecule has 0 aliphatic rings. The van der Waals surface area contributed by atoms with Crippen molar-refractivity contribution in [3.63, 3.8) is 0 Å². The monoisotopic (exact) mass is 277 g/mol. The van der Waals surface area contributed by atoms with Gasteiger partial charge in [-0.05, 0) is 24.1 Å². The molecule has 0 aromatic heterocycles. The highest BCUT2D eigenvalue weighted by Crippen LogP contribution is 2.30. The fourth-order valence-electron chi connectivity index (χ4n) is 1.29. The number of nitrogens with one attached hydrogen (secondary N) is 1. The van der Waals surface area contributed by atoms with Gasteiger partial charge in [0.15, 0.2) is 0 Å². The Balaban J connectivity index is 2.83. The van der Waals surface area contributed by atoms with Crippen molar-refractivity contribution in [1.82, 2.24) is 0 Å². The van der Waals surface area contributed by atoms with Gasteiger partial charge in [0.2, 0.25) is 5.91 Å². The highest BCUT2D eigenvalue weighted by molar-refractivity contribution is 7.81. The Labute approximate surface area is 109 Å². The molecule has 0 bridgehead atoms. The molecule has 1 aromatic carbocycles. The van der Waals surface area contributed by atoms with Crippen molar-refractivity contribution >= 4 is 24.2 Å². The Morgan fingerprint density at radius 3 is 2.44 bits per heavy atom. The number of thiol groups is 1. The van der Waals surface area contributed by atoms with Crippen LogP contribution in [-0.4, -0.2) is 11.2 Å². The van der Waals surface area contributed by atoms with Crippen molar-refractivity contribution in [2.45, 2.75) is 25.3 Å². The minimum Gasteiger partial charge on any atom is -0.325 e. The van der Waals surface area contributed by atoms with E-state index in [1.807, 2.05) is 13.8 Å². The summed E-state index contributed by atoms with van der Waals surface area (Å²) in [5, 5.41) is 1.86. The van der Waals surface area contributed by atoms with Crippen LogP contribution in [0.2, 0.25) is 0 Å². The van der Waals surface area contributed by atoms with Gasteiger partial charge in [0.25, 0.3) is 0 Å². The smallest absolute Gasteiger partial charge is 0.325 e. The lowest BCUT2D eigenvalue weighted by atomic mass is 10.1. The van der Waals surface area contributed by atoms with Crippen LogP contribution < -0.4 is 5.32 Å². The zero-order chi connectivity index (χ0) is 13.9. The predicted octanol–water partition coefficient (Wildman–Crippen LogP) is 3.60. The van der Waals surface area contributed by atoms with Crippen molar-refractivity contribution in [1.29, 1.82) is 0 Å². The summed E-state index contributed by atoms with van der Waals surface area (Å²) in [6, 6.07) is 4.52. The summed E-state index contributed by atoms with van der Waals surface area (Å²) in [4.78, 5) is 11.6. The van der Waals surface area contributed by atoms with Gasteiger partial charge < -0.3 is 5.32 Å². The molecule has 0 aliphatic carbocycles. The highest BCUT2D eigenvalue weighted by Gasteiger charge is 2.30. The number of hydrogen-bond acceptors (Lipinski definition) is 2. The number of rotatable bonds is 3. The van der Waals surface area contributed by atoms with Crippen molar-refractivity contribution in [3.8, 4) is 0 Å². The summed E-state index contributed by atoms with van der Waals surface area (Å²) in [6.07, 6.45) is -4.42. The van der Waals surface area contributed by atoms with E-state index in [4.69, 9.17) is 0 Å². The Bertz CT molecular complexity index is 432. The van der Waals surface area contributed by atoms with Crippen LogP contribution in [0.4, 0.5) is 18.9 Å². The van der Waals surface area contributed by atoms with Gasteiger partial charge in [0, 0.05) is 5.69 Å². The number of halogens is 3. The Morgan fingerprint density at radius 1 is 1.33 bits per heavy atom. The van der Waals surface area contributed by atoms with Gasteiger partial charge in [-0.25, -0.2) is 0 Å². The van der Waals surface area contributed by atoms with Crippen LogP contribution in [0.5, 0.6) is 0 Å². The maximum Gasteiger partial charge on any atom is 0.416 e. The zero-order valence-corrected chi connectivity index (χ0v) is 10.8. The lowest BCUT2D eigenvalue weighted by molar-refractivity contribution is -0.137. The molecule has 0 fully saturated rings. The van der Waals surface area contributed by atoms with Crippen LogP contribution in [0.15, 0.2) is 24.3 Å². The maximum atomic E-state index is 12.5. The van der Waals surface area contributed by atoms with Crippen LogP contribution in [0, 0.1) is 5.92 Å². The molecular weight excluding hydrogens is 263 g/mol. The molecule has 0 radical (unpaired) electrons. The maximum absolute atomic E-state index is 12.5. The summed E-state index contributed by atoms with van der Waals surface area (Å²) < 4.78 is 37.4. The first-order valence-corrected chi connectivity index (χ1v) is 5.89. The van der Waals surface area contributed by atoms with Crippen LogP contribution in [0.25, 0.3) is 0 Å². The number of carbonyl (C=O) groups excluding carboxylic acids is 1. The van der Waals surface area contributed by atoms with E-state index in [1.165, 1.54) is 12.1 Å². The molecule has 1 N–H and O–H groups in total. The van der Waals surface area contributed by atoms with E-state index in [0.717, 1.165) is 12.1 Å². The molecule has 1 atom stereocenters. The Kier molecular flexibility index (Phi) is 4.67. The number of amides is 1. The minimum absolute atomic E-state index is 0.000804. The quantitative estimate of drug-likeness (QED) is 0.812. The lowest BCUT2D eigenvalue weighted by Gasteiger charge is -2.15. The first-order valence-electron chi connectivity index (χ1n) is 5.38. The summed E-state index contributed by atoms with van der Waals surface area (Å²) in [5.41, 5.74) is -0.671. The van der Waals surface area contributed by atoms with Gasteiger partial charge in [-0.3, -0.25) is 4.79 Å². The second-order valence-corrected chi connectivity index (χ2v) is 4.81. The topological polar surface area (TPSA) is 29.1 Å². The van der Waals surface area contributed by atoms with Crippen molar-refractivity contribution in [2.24, 2.45) is 5.92 Å². The van der Waals surface area contributed by atoms with E-state index in [-0.39, 0.29) is 11.6 Å². The first-order chi connectivity index (χ1) is 8.21. The number of anilines is 1. The summed E-state index contributed by atoms with van der Waals surface area (Å²) in [5.74, 6) is -0.410. The number of alkyl halides is 3. The van der Waals surface area contributed by atoms with Gasteiger partial charge >= 0.3 is 6.18 Å². The average molecular weight is 277 g/mol. The zero-order valence-electron chi connectivity index (χ0n) is 9.95. The fourth-order valence-corrected chi connectivity index (χ4v) is 1.36. The molecule has 0 saturated carbocycles. The molecule has 6 heteroatoms. The molecule has 0 spiro atoms. The molecule has 1 amide bonds.